The van der Waals surface area contributed by atoms with E-state index < -0.39 is 17.8 Å². The summed E-state index contributed by atoms with van der Waals surface area (Å²) in [5.74, 6) is -0.131. The number of pyridine rings is 2. The molecule has 186 valence electrons. The molecule has 0 unspecified atom stereocenters. The predicted molar refractivity (Wildman–Crippen MR) is 127 cm³/mol. The monoisotopic (exact) mass is 498 g/mol. The average molecular weight is 498 g/mol. The second-order valence-electron chi connectivity index (χ2n) is 7.68. The summed E-state index contributed by atoms with van der Waals surface area (Å²) in [5.41, 5.74) is 1.42. The number of aryl methyl sites for hydroxylation is 1. The fourth-order valence-corrected chi connectivity index (χ4v) is 3.43. The summed E-state index contributed by atoms with van der Waals surface area (Å²) in [6, 6.07) is 8.72. The summed E-state index contributed by atoms with van der Waals surface area (Å²) in [5, 5.41) is 15.3. The van der Waals surface area contributed by atoms with Crippen LogP contribution in [0.2, 0.25) is 0 Å². The Morgan fingerprint density at radius 1 is 1.08 bits per heavy atom. The van der Waals surface area contributed by atoms with E-state index in [-0.39, 0.29) is 24.7 Å². The van der Waals surface area contributed by atoms with E-state index in [1.807, 2.05) is 6.92 Å². The van der Waals surface area contributed by atoms with Gasteiger partial charge in [-0.2, -0.15) is 23.1 Å². The van der Waals surface area contributed by atoms with Crippen molar-refractivity contribution in [3.8, 4) is 17.0 Å². The van der Waals surface area contributed by atoms with E-state index in [0.29, 0.717) is 39.9 Å². The van der Waals surface area contributed by atoms with Gasteiger partial charge in [-0.15, -0.1) is 0 Å². The summed E-state index contributed by atoms with van der Waals surface area (Å²) in [4.78, 5) is 29.0. The second-order valence-corrected chi connectivity index (χ2v) is 7.68. The number of benzene rings is 1. The van der Waals surface area contributed by atoms with E-state index in [0.717, 1.165) is 11.8 Å². The highest BCUT2D eigenvalue weighted by atomic mass is 19.4. The third-order valence-electron chi connectivity index (χ3n) is 5.19. The standard InChI is InChI=1S/C24H21F3N6O3/c1-13-3-4-16(31-21(35)14-5-6-29-19(10-14)24(25,26)27)11-17(13)18-9-15-12-30-23(28-2)33-20(15)32-22(18)36-8-7-34/h3-6,9-12,34H,7-8H2,1-2H3,(H,31,35)(H,28,30,32,33). The van der Waals surface area contributed by atoms with Gasteiger partial charge in [0.15, 0.2) is 5.65 Å². The molecular formula is C24H21F3N6O3. The highest BCUT2D eigenvalue weighted by Crippen LogP contribution is 2.35. The number of carbonyl (C=O) groups excluding carboxylic acids is 1. The molecule has 0 aliphatic heterocycles. The van der Waals surface area contributed by atoms with Crippen molar-refractivity contribution in [2.75, 3.05) is 30.9 Å². The fourth-order valence-electron chi connectivity index (χ4n) is 3.43. The average Bonchev–Trinajstić information content (AvgIpc) is 2.87. The smallest absolute Gasteiger partial charge is 0.433 e. The van der Waals surface area contributed by atoms with Crippen LogP contribution in [0.1, 0.15) is 21.6 Å². The van der Waals surface area contributed by atoms with E-state index >= 15 is 0 Å². The van der Waals surface area contributed by atoms with Crippen LogP contribution in [0.3, 0.4) is 0 Å². The molecule has 0 saturated carbocycles. The minimum Gasteiger partial charge on any atom is -0.475 e. The lowest BCUT2D eigenvalue weighted by atomic mass is 9.99. The quantitative estimate of drug-likeness (QED) is 0.349. The molecule has 9 nitrogen and oxygen atoms in total. The third-order valence-corrected chi connectivity index (χ3v) is 5.19. The highest BCUT2D eigenvalue weighted by Gasteiger charge is 2.33. The molecule has 3 heterocycles. The summed E-state index contributed by atoms with van der Waals surface area (Å²) in [6.45, 7) is 1.61. The maximum atomic E-state index is 13.0. The van der Waals surface area contributed by atoms with Crippen molar-refractivity contribution in [1.29, 1.82) is 0 Å². The van der Waals surface area contributed by atoms with Gasteiger partial charge in [-0.25, -0.2) is 4.98 Å². The van der Waals surface area contributed by atoms with E-state index in [9.17, 15) is 23.1 Å². The molecular weight excluding hydrogens is 477 g/mol. The molecule has 0 saturated heterocycles. The number of aliphatic hydroxyl groups is 1. The maximum Gasteiger partial charge on any atom is 0.433 e. The predicted octanol–water partition coefficient (Wildman–Crippen LogP) is 4.08. The first-order valence-electron chi connectivity index (χ1n) is 10.7. The lowest BCUT2D eigenvalue weighted by molar-refractivity contribution is -0.141. The van der Waals surface area contributed by atoms with E-state index in [2.05, 4.69) is 30.6 Å². The van der Waals surface area contributed by atoms with Crippen LogP contribution in [0.5, 0.6) is 5.88 Å². The molecule has 0 atom stereocenters. The molecule has 1 amide bonds. The van der Waals surface area contributed by atoms with Crippen LogP contribution in [-0.2, 0) is 6.18 Å². The second kappa shape index (κ2) is 10.1. The lowest BCUT2D eigenvalue weighted by Crippen LogP contribution is -2.15. The van der Waals surface area contributed by atoms with Gasteiger partial charge < -0.3 is 20.5 Å². The first-order valence-corrected chi connectivity index (χ1v) is 10.7. The van der Waals surface area contributed by atoms with Crippen molar-refractivity contribution in [1.82, 2.24) is 19.9 Å². The third kappa shape index (κ3) is 5.33. The van der Waals surface area contributed by atoms with Crippen LogP contribution in [0, 0.1) is 6.92 Å². The number of aromatic nitrogens is 4. The van der Waals surface area contributed by atoms with E-state index in [1.165, 1.54) is 6.07 Å². The Morgan fingerprint density at radius 2 is 1.89 bits per heavy atom. The minimum absolute atomic E-state index is 0.00543. The number of hydrogen-bond donors (Lipinski definition) is 3. The Hall–Kier alpha value is -4.32. The molecule has 0 fully saturated rings. The molecule has 1 aromatic carbocycles. The van der Waals surface area contributed by atoms with E-state index in [4.69, 9.17) is 4.74 Å². The number of carbonyl (C=O) groups is 1. The van der Waals surface area contributed by atoms with Crippen molar-refractivity contribution >= 4 is 28.6 Å². The summed E-state index contributed by atoms with van der Waals surface area (Å²) in [6.07, 6.45) is -2.13. The number of aliphatic hydroxyl groups excluding tert-OH is 1. The van der Waals surface area contributed by atoms with Gasteiger partial charge in [0.25, 0.3) is 5.91 Å². The molecule has 0 aliphatic carbocycles. The number of alkyl halides is 3. The number of rotatable bonds is 7. The summed E-state index contributed by atoms with van der Waals surface area (Å²) < 4.78 is 44.6. The normalized spacial score (nSPS) is 11.4. The number of amides is 1. The topological polar surface area (TPSA) is 122 Å². The van der Waals surface area contributed by atoms with Crippen molar-refractivity contribution in [2.24, 2.45) is 0 Å². The Morgan fingerprint density at radius 3 is 2.61 bits per heavy atom. The molecule has 3 N–H and O–H groups in total. The first-order chi connectivity index (χ1) is 17.2. The molecule has 12 heteroatoms. The molecule has 0 spiro atoms. The molecule has 3 aromatic heterocycles. The molecule has 4 aromatic rings. The SMILES string of the molecule is CNc1ncc2cc(-c3cc(NC(=O)c4ccnc(C(F)(F)F)c4)ccc3C)c(OCCO)nc2n1. The van der Waals surface area contributed by atoms with Gasteiger partial charge in [-0.3, -0.25) is 9.78 Å². The highest BCUT2D eigenvalue weighted by molar-refractivity contribution is 6.04. The van der Waals surface area contributed by atoms with Gasteiger partial charge in [0.1, 0.15) is 12.3 Å². The van der Waals surface area contributed by atoms with Gasteiger partial charge >= 0.3 is 6.18 Å². The summed E-state index contributed by atoms with van der Waals surface area (Å²) >= 11 is 0. The van der Waals surface area contributed by atoms with Gasteiger partial charge in [-0.05, 0) is 48.4 Å². The summed E-state index contributed by atoms with van der Waals surface area (Å²) in [7, 11) is 1.68. The Balaban J connectivity index is 1.72. The number of nitrogens with zero attached hydrogens (tertiary/aromatic N) is 4. The first kappa shape index (κ1) is 24.8. The molecule has 36 heavy (non-hydrogen) atoms. The number of fused-ring (bicyclic) bond motifs is 1. The van der Waals surface area contributed by atoms with Crippen molar-refractivity contribution < 1.29 is 27.8 Å². The molecule has 4 rings (SSSR count). The van der Waals surface area contributed by atoms with Crippen LogP contribution in [0.4, 0.5) is 24.8 Å². The van der Waals surface area contributed by atoms with Crippen LogP contribution >= 0.6 is 0 Å². The zero-order valence-electron chi connectivity index (χ0n) is 19.2. The van der Waals surface area contributed by atoms with Crippen molar-refractivity contribution in [3.05, 3.63) is 65.6 Å². The van der Waals surface area contributed by atoms with Gasteiger partial charge in [0.05, 0.1) is 6.61 Å². The van der Waals surface area contributed by atoms with Crippen molar-refractivity contribution in [3.63, 3.8) is 0 Å². The van der Waals surface area contributed by atoms with Gasteiger partial charge in [0, 0.05) is 41.6 Å². The number of hydrogen-bond acceptors (Lipinski definition) is 8. The Bertz CT molecular complexity index is 1430. The number of nitrogens with one attached hydrogen (secondary N) is 2. The fraction of sp³-hybridized carbons (Fsp3) is 0.208. The largest absolute Gasteiger partial charge is 0.475 e. The van der Waals surface area contributed by atoms with Crippen LogP contribution in [0.25, 0.3) is 22.2 Å². The van der Waals surface area contributed by atoms with E-state index in [1.54, 1.807) is 37.5 Å². The van der Waals surface area contributed by atoms with Crippen molar-refractivity contribution in [2.45, 2.75) is 13.1 Å². The molecule has 0 bridgehead atoms. The number of anilines is 2. The Labute approximate surface area is 203 Å². The zero-order valence-corrected chi connectivity index (χ0v) is 19.2. The molecule has 0 radical (unpaired) electrons. The van der Waals surface area contributed by atoms with Crippen LogP contribution in [0.15, 0.2) is 48.8 Å². The van der Waals surface area contributed by atoms with Gasteiger partial charge in [-0.1, -0.05) is 6.07 Å². The number of ether oxygens (including phenoxy) is 1. The van der Waals surface area contributed by atoms with Crippen LogP contribution < -0.4 is 15.4 Å². The Kier molecular flexibility index (Phi) is 6.97. The maximum absolute atomic E-state index is 13.0. The van der Waals surface area contributed by atoms with Crippen LogP contribution in [-0.4, -0.2) is 51.2 Å². The molecule has 0 aliphatic rings. The zero-order chi connectivity index (χ0) is 25.9. The minimum atomic E-state index is -4.67. The lowest BCUT2D eigenvalue weighted by Gasteiger charge is -2.15. The van der Waals surface area contributed by atoms with Gasteiger partial charge in [0.2, 0.25) is 11.8 Å². The number of halogens is 3.